The van der Waals surface area contributed by atoms with Crippen molar-refractivity contribution in [2.24, 2.45) is 5.92 Å². The highest BCUT2D eigenvalue weighted by Crippen LogP contribution is 2.37. The molecule has 1 aromatic carbocycles. The van der Waals surface area contributed by atoms with Gasteiger partial charge in [-0.1, -0.05) is 12.1 Å². The maximum absolute atomic E-state index is 13.2. The number of carbonyl (C=O) groups excluding carboxylic acids is 1. The van der Waals surface area contributed by atoms with Gasteiger partial charge in [-0.2, -0.15) is 0 Å². The largest absolute Gasteiger partial charge is 0.382 e. The summed E-state index contributed by atoms with van der Waals surface area (Å²) in [4.78, 5) is 26.0. The van der Waals surface area contributed by atoms with E-state index in [0.29, 0.717) is 39.7 Å². The molecule has 0 spiro atoms. The summed E-state index contributed by atoms with van der Waals surface area (Å²) in [5, 5.41) is 14.8. The van der Waals surface area contributed by atoms with E-state index in [1.807, 2.05) is 43.3 Å². The van der Waals surface area contributed by atoms with Crippen LogP contribution in [-0.4, -0.2) is 26.6 Å². The third kappa shape index (κ3) is 4.27. The molecule has 1 aliphatic carbocycles. The summed E-state index contributed by atoms with van der Waals surface area (Å²) in [5.41, 5.74) is 12.0. The Morgan fingerprint density at radius 2 is 1.97 bits per heavy atom. The predicted octanol–water partition coefficient (Wildman–Crippen LogP) is 2.80. The zero-order valence-electron chi connectivity index (χ0n) is 18.1. The first-order valence-corrected chi connectivity index (χ1v) is 11.6. The van der Waals surface area contributed by atoms with Gasteiger partial charge < -0.3 is 16.4 Å². The number of fused-ring (bicyclic) bond motifs is 1. The minimum absolute atomic E-state index is 0.262. The highest BCUT2D eigenvalue weighted by atomic mass is 32.1. The lowest BCUT2D eigenvalue weighted by Crippen LogP contribution is -2.42. The number of nitrogens with one attached hydrogen (secondary N) is 2. The molecule has 33 heavy (non-hydrogen) atoms. The van der Waals surface area contributed by atoms with E-state index >= 15 is 0 Å². The summed E-state index contributed by atoms with van der Waals surface area (Å²) in [6.07, 6.45) is 3.48. The third-order valence-corrected chi connectivity index (χ3v) is 6.64. The number of hydrogen-bond donors (Lipinski definition) is 4. The first-order chi connectivity index (χ1) is 16.0. The van der Waals surface area contributed by atoms with Crippen molar-refractivity contribution in [1.29, 1.82) is 0 Å². The molecule has 0 atom stereocenters. The van der Waals surface area contributed by atoms with Crippen LogP contribution in [-0.2, 0) is 6.54 Å². The lowest BCUT2D eigenvalue weighted by atomic mass is 10.0. The van der Waals surface area contributed by atoms with E-state index < -0.39 is 0 Å². The zero-order valence-corrected chi connectivity index (χ0v) is 18.9. The smallest absolute Gasteiger partial charge is 0.258 e. The SMILES string of the molecule is Cc1cccc(CNc2cccc(NC(=O)c3csc4c(N)ncnc34)c2C(=[NH2+])C2CC2)n1. The second-order valence-corrected chi connectivity index (χ2v) is 9.00. The van der Waals surface area contributed by atoms with Crippen LogP contribution >= 0.6 is 11.3 Å². The second kappa shape index (κ2) is 8.59. The first kappa shape index (κ1) is 21.0. The Balaban J connectivity index is 1.46. The summed E-state index contributed by atoms with van der Waals surface area (Å²) in [5.74, 6) is 0.434. The van der Waals surface area contributed by atoms with Crippen LogP contribution in [0.2, 0.25) is 0 Å². The summed E-state index contributed by atoms with van der Waals surface area (Å²) in [6, 6.07) is 11.7. The summed E-state index contributed by atoms with van der Waals surface area (Å²) in [7, 11) is 0. The number of nitrogens with two attached hydrogens (primary N) is 2. The number of thiophene rings is 1. The van der Waals surface area contributed by atoms with Gasteiger partial charge in [0, 0.05) is 17.0 Å². The van der Waals surface area contributed by atoms with Crippen molar-refractivity contribution >= 4 is 50.4 Å². The monoisotopic (exact) mass is 458 g/mol. The van der Waals surface area contributed by atoms with E-state index in [-0.39, 0.29) is 5.91 Å². The van der Waals surface area contributed by atoms with Crippen molar-refractivity contribution in [2.45, 2.75) is 26.3 Å². The minimum atomic E-state index is -0.262. The van der Waals surface area contributed by atoms with Crippen molar-refractivity contribution in [1.82, 2.24) is 15.0 Å². The standard InChI is InChI=1S/C24H23N7OS/c1-13-4-2-5-15(30-13)10-27-17-6-3-7-18(19(17)20(25)14-8-9-14)31-24(32)16-11-33-22-21(16)28-12-29-23(22)26/h2-7,11-12,14,25,27H,8-10H2,1H3,(H,31,32)(H2,26,28,29)/p+1. The highest BCUT2D eigenvalue weighted by molar-refractivity contribution is 7.18. The summed E-state index contributed by atoms with van der Waals surface area (Å²) < 4.78 is 0.702. The van der Waals surface area contributed by atoms with E-state index in [4.69, 9.17) is 11.1 Å². The van der Waals surface area contributed by atoms with Crippen LogP contribution in [0.4, 0.5) is 17.2 Å². The van der Waals surface area contributed by atoms with E-state index in [0.717, 1.165) is 41.2 Å². The Morgan fingerprint density at radius 1 is 1.18 bits per heavy atom. The van der Waals surface area contributed by atoms with Gasteiger partial charge in [0.05, 0.1) is 45.0 Å². The molecule has 1 amide bonds. The minimum Gasteiger partial charge on any atom is -0.382 e. The van der Waals surface area contributed by atoms with Crippen LogP contribution < -0.4 is 21.8 Å². The third-order valence-electron chi connectivity index (χ3n) is 5.65. The molecule has 3 aromatic heterocycles. The molecule has 1 aliphatic rings. The fourth-order valence-electron chi connectivity index (χ4n) is 3.82. The van der Waals surface area contributed by atoms with Gasteiger partial charge in [0.25, 0.3) is 5.91 Å². The van der Waals surface area contributed by atoms with Crippen molar-refractivity contribution in [3.8, 4) is 0 Å². The molecule has 6 N–H and O–H groups in total. The molecule has 0 aliphatic heterocycles. The number of aryl methyl sites for hydroxylation is 1. The van der Waals surface area contributed by atoms with E-state index in [2.05, 4.69) is 25.6 Å². The normalized spacial score (nSPS) is 13.1. The van der Waals surface area contributed by atoms with Crippen LogP contribution in [0.15, 0.2) is 48.1 Å². The van der Waals surface area contributed by atoms with Gasteiger partial charge >= 0.3 is 0 Å². The van der Waals surface area contributed by atoms with E-state index in [1.54, 1.807) is 5.38 Å². The van der Waals surface area contributed by atoms with Gasteiger partial charge in [-0.05, 0) is 44.0 Å². The zero-order chi connectivity index (χ0) is 22.9. The van der Waals surface area contributed by atoms with E-state index in [9.17, 15) is 4.79 Å². The number of nitrogens with zero attached hydrogens (tertiary/aromatic N) is 3. The van der Waals surface area contributed by atoms with Gasteiger partial charge in [0.1, 0.15) is 12.1 Å². The molecule has 4 aromatic rings. The predicted molar refractivity (Wildman–Crippen MR) is 131 cm³/mol. The summed E-state index contributed by atoms with van der Waals surface area (Å²) in [6.45, 7) is 2.52. The number of carbonyl (C=O) groups is 1. The highest BCUT2D eigenvalue weighted by Gasteiger charge is 2.35. The molecular weight excluding hydrogens is 434 g/mol. The number of hydrogen-bond acceptors (Lipinski definition) is 7. The molecule has 0 radical (unpaired) electrons. The van der Waals surface area contributed by atoms with Crippen LogP contribution in [0.1, 0.15) is 40.2 Å². The average Bonchev–Trinajstić information content (AvgIpc) is 3.56. The maximum Gasteiger partial charge on any atom is 0.258 e. The Morgan fingerprint density at radius 3 is 2.76 bits per heavy atom. The maximum atomic E-state index is 13.2. The lowest BCUT2D eigenvalue weighted by Gasteiger charge is -2.15. The second-order valence-electron chi connectivity index (χ2n) is 8.12. The number of benzene rings is 1. The van der Waals surface area contributed by atoms with Crippen LogP contribution in [0, 0.1) is 12.8 Å². The van der Waals surface area contributed by atoms with Crippen molar-refractivity contribution in [3.63, 3.8) is 0 Å². The number of amides is 1. The van der Waals surface area contributed by atoms with Gasteiger partial charge in [-0.15, -0.1) is 11.3 Å². The Bertz CT molecular complexity index is 1380. The molecule has 0 saturated heterocycles. The fraction of sp³-hybridized carbons (Fsp3) is 0.208. The van der Waals surface area contributed by atoms with E-state index in [1.165, 1.54) is 17.7 Å². The number of pyridine rings is 1. The van der Waals surface area contributed by atoms with Gasteiger partial charge in [-0.3, -0.25) is 15.2 Å². The summed E-state index contributed by atoms with van der Waals surface area (Å²) >= 11 is 1.35. The fourth-order valence-corrected chi connectivity index (χ4v) is 4.72. The first-order valence-electron chi connectivity index (χ1n) is 10.7. The van der Waals surface area contributed by atoms with Crippen molar-refractivity contribution < 1.29 is 10.2 Å². The quantitative estimate of drug-likeness (QED) is 0.315. The molecule has 8 nitrogen and oxygen atoms in total. The van der Waals surface area contributed by atoms with Gasteiger partial charge in [0.15, 0.2) is 5.71 Å². The van der Waals surface area contributed by atoms with Crippen LogP contribution in [0.25, 0.3) is 10.2 Å². The molecule has 3 heterocycles. The molecule has 1 saturated carbocycles. The molecule has 1 fully saturated rings. The van der Waals surface area contributed by atoms with Crippen LogP contribution in [0.3, 0.4) is 0 Å². The Labute approximate surface area is 194 Å². The number of aromatic nitrogens is 3. The van der Waals surface area contributed by atoms with Crippen molar-refractivity contribution in [2.75, 3.05) is 16.4 Å². The average molecular weight is 459 g/mol. The lowest BCUT2D eigenvalue weighted by molar-refractivity contribution is -0.116. The number of rotatable bonds is 7. The van der Waals surface area contributed by atoms with Gasteiger partial charge in [-0.25, -0.2) is 9.97 Å². The van der Waals surface area contributed by atoms with Crippen molar-refractivity contribution in [3.05, 3.63) is 70.6 Å². The number of nitrogen functional groups attached to an aromatic ring is 1. The molecule has 166 valence electrons. The molecular formula is C24H24N7OS+. The molecule has 5 rings (SSSR count). The molecule has 0 unspecified atom stereocenters. The molecule has 9 heteroatoms. The Hall–Kier alpha value is -3.85. The molecule has 0 bridgehead atoms. The number of anilines is 3. The topological polar surface area (TPSA) is 131 Å². The van der Waals surface area contributed by atoms with Gasteiger partial charge in [0.2, 0.25) is 0 Å². The van der Waals surface area contributed by atoms with Crippen LogP contribution in [0.5, 0.6) is 0 Å². The Kier molecular flexibility index (Phi) is 5.47.